The van der Waals surface area contributed by atoms with Crippen molar-refractivity contribution in [3.05, 3.63) is 76.2 Å². The minimum absolute atomic E-state index is 0.0507. The number of barbiturate groups is 1. The molecule has 1 aromatic carbocycles. The monoisotopic (exact) mass is 471 g/mol. The lowest BCUT2D eigenvalue weighted by Crippen LogP contribution is -2.72. The molecule has 4 amide bonds. The first-order chi connectivity index (χ1) is 17.0. The Bertz CT molecular complexity index is 1420. The number of carbonyl (C=O) groups is 3. The number of hydrogen-bond acceptors (Lipinski definition) is 6. The van der Waals surface area contributed by atoms with E-state index in [1.54, 1.807) is 18.3 Å². The van der Waals surface area contributed by atoms with E-state index in [9.17, 15) is 19.2 Å². The number of carbonyl (C=O) groups excluding carboxylic acids is 3. The predicted octanol–water partition coefficient (Wildman–Crippen LogP) is 2.26. The quantitative estimate of drug-likeness (QED) is 0.575. The van der Waals surface area contributed by atoms with Crippen LogP contribution in [-0.4, -0.2) is 44.7 Å². The van der Waals surface area contributed by atoms with Crippen LogP contribution in [0.1, 0.15) is 36.8 Å². The number of nitrogens with zero attached hydrogens (tertiary/aromatic N) is 4. The Morgan fingerprint density at radius 1 is 0.971 bits per heavy atom. The van der Waals surface area contributed by atoms with Crippen LogP contribution in [0.25, 0.3) is 5.65 Å². The number of anilines is 1. The molecule has 2 atom stereocenters. The number of hydrogen-bond donors (Lipinski definition) is 1. The molecule has 0 saturated carbocycles. The highest BCUT2D eigenvalue weighted by Crippen LogP contribution is 2.45. The molecule has 3 aromatic rings. The summed E-state index contributed by atoms with van der Waals surface area (Å²) in [5.74, 6) is -0.627. The molecular formula is C26H25N5O4. The van der Waals surface area contributed by atoms with Gasteiger partial charge in [-0.3, -0.25) is 29.0 Å². The number of amides is 4. The molecule has 1 N–H and O–H groups in total. The van der Waals surface area contributed by atoms with E-state index in [2.05, 4.69) is 5.32 Å². The van der Waals surface area contributed by atoms with Gasteiger partial charge in [-0.1, -0.05) is 49.2 Å². The SMILES string of the molecule is O=C1NC(=O)[C@@]2(Cc3c(nc4ccccn4c3=O)N3CCCCC[C@H]32)C(=O)N1Cc1ccccc1. The van der Waals surface area contributed by atoms with Crippen LogP contribution < -0.4 is 15.8 Å². The summed E-state index contributed by atoms with van der Waals surface area (Å²) in [6, 6.07) is 13.3. The number of nitrogens with one attached hydrogen (secondary N) is 1. The van der Waals surface area contributed by atoms with E-state index in [0.717, 1.165) is 29.7 Å². The van der Waals surface area contributed by atoms with Gasteiger partial charge in [0.25, 0.3) is 5.56 Å². The lowest BCUT2D eigenvalue weighted by atomic mass is 9.68. The highest BCUT2D eigenvalue weighted by atomic mass is 16.2. The lowest BCUT2D eigenvalue weighted by molar-refractivity contribution is -0.154. The van der Waals surface area contributed by atoms with Crippen LogP contribution in [0.15, 0.2) is 59.5 Å². The number of benzene rings is 1. The topological polar surface area (TPSA) is 104 Å². The number of aromatic nitrogens is 2. The van der Waals surface area contributed by atoms with E-state index in [0.29, 0.717) is 30.0 Å². The zero-order valence-electron chi connectivity index (χ0n) is 19.1. The van der Waals surface area contributed by atoms with Gasteiger partial charge in [0, 0.05) is 19.2 Å². The van der Waals surface area contributed by atoms with Crippen LogP contribution in [-0.2, 0) is 22.6 Å². The molecule has 0 bridgehead atoms. The van der Waals surface area contributed by atoms with Crippen LogP contribution in [0.2, 0.25) is 0 Å². The van der Waals surface area contributed by atoms with Crippen molar-refractivity contribution in [2.24, 2.45) is 5.41 Å². The van der Waals surface area contributed by atoms with E-state index in [1.165, 1.54) is 4.40 Å². The first kappa shape index (κ1) is 21.5. The normalized spacial score (nSPS) is 24.2. The average Bonchev–Trinajstić information content (AvgIpc) is 3.13. The van der Waals surface area contributed by atoms with Gasteiger partial charge in [-0.05, 0) is 30.5 Å². The molecule has 3 aliphatic heterocycles. The van der Waals surface area contributed by atoms with Crippen LogP contribution in [0.3, 0.4) is 0 Å². The molecule has 0 aliphatic carbocycles. The lowest BCUT2D eigenvalue weighted by Gasteiger charge is -2.50. The fourth-order valence-corrected chi connectivity index (χ4v) is 5.84. The third-order valence-corrected chi connectivity index (χ3v) is 7.54. The van der Waals surface area contributed by atoms with Crippen LogP contribution in [0.5, 0.6) is 0 Å². The van der Waals surface area contributed by atoms with Gasteiger partial charge < -0.3 is 4.90 Å². The van der Waals surface area contributed by atoms with Crippen LogP contribution >= 0.6 is 0 Å². The molecule has 35 heavy (non-hydrogen) atoms. The van der Waals surface area contributed by atoms with Crippen LogP contribution in [0, 0.1) is 5.41 Å². The number of urea groups is 1. The fraction of sp³-hybridized carbons (Fsp3) is 0.346. The minimum Gasteiger partial charge on any atom is -0.352 e. The largest absolute Gasteiger partial charge is 0.352 e. The smallest absolute Gasteiger partial charge is 0.331 e. The van der Waals surface area contributed by atoms with E-state index in [4.69, 9.17) is 4.98 Å². The van der Waals surface area contributed by atoms with E-state index in [1.807, 2.05) is 41.3 Å². The van der Waals surface area contributed by atoms with Crippen molar-refractivity contribution < 1.29 is 14.4 Å². The Balaban J connectivity index is 1.53. The molecule has 9 heteroatoms. The highest BCUT2D eigenvalue weighted by Gasteiger charge is 2.62. The summed E-state index contributed by atoms with van der Waals surface area (Å²) in [5, 5.41) is 2.45. The highest BCUT2D eigenvalue weighted by molar-refractivity contribution is 6.20. The minimum atomic E-state index is -1.58. The molecule has 2 saturated heterocycles. The molecule has 0 unspecified atom stereocenters. The summed E-state index contributed by atoms with van der Waals surface area (Å²) in [4.78, 5) is 62.1. The van der Waals surface area contributed by atoms with Gasteiger partial charge in [0.15, 0.2) is 5.41 Å². The van der Waals surface area contributed by atoms with Crippen molar-refractivity contribution in [3.8, 4) is 0 Å². The molecule has 1 spiro atoms. The van der Waals surface area contributed by atoms with Crippen molar-refractivity contribution in [3.63, 3.8) is 0 Å². The van der Waals surface area contributed by atoms with Gasteiger partial charge in [0.05, 0.1) is 18.2 Å². The summed E-state index contributed by atoms with van der Waals surface area (Å²) in [6.45, 7) is 0.636. The second-order valence-corrected chi connectivity index (χ2v) is 9.49. The van der Waals surface area contributed by atoms with Gasteiger partial charge in [0.2, 0.25) is 11.8 Å². The summed E-state index contributed by atoms with van der Waals surface area (Å²) in [5.41, 5.74) is -0.231. The number of imide groups is 2. The zero-order chi connectivity index (χ0) is 24.2. The summed E-state index contributed by atoms with van der Waals surface area (Å²) in [7, 11) is 0. The Morgan fingerprint density at radius 3 is 2.60 bits per heavy atom. The Hall–Kier alpha value is -4.01. The Morgan fingerprint density at radius 2 is 1.77 bits per heavy atom. The van der Waals surface area contributed by atoms with E-state index >= 15 is 0 Å². The Kier molecular flexibility index (Phi) is 4.94. The first-order valence-corrected chi connectivity index (χ1v) is 12.0. The molecule has 5 heterocycles. The first-order valence-electron chi connectivity index (χ1n) is 12.0. The predicted molar refractivity (Wildman–Crippen MR) is 128 cm³/mol. The van der Waals surface area contributed by atoms with Crippen molar-refractivity contribution in [1.29, 1.82) is 0 Å². The number of pyridine rings is 1. The molecule has 178 valence electrons. The number of fused-ring (bicyclic) bond motifs is 5. The molecule has 6 rings (SSSR count). The van der Waals surface area contributed by atoms with Crippen molar-refractivity contribution in [2.75, 3.05) is 11.4 Å². The van der Waals surface area contributed by atoms with Gasteiger partial charge >= 0.3 is 6.03 Å². The van der Waals surface area contributed by atoms with E-state index < -0.39 is 29.3 Å². The van der Waals surface area contributed by atoms with E-state index in [-0.39, 0.29) is 18.5 Å². The maximum atomic E-state index is 14.2. The third-order valence-electron chi connectivity index (χ3n) is 7.54. The molecular weight excluding hydrogens is 446 g/mol. The summed E-state index contributed by atoms with van der Waals surface area (Å²) >= 11 is 0. The van der Waals surface area contributed by atoms with Gasteiger partial charge in [-0.15, -0.1) is 0 Å². The summed E-state index contributed by atoms with van der Waals surface area (Å²) in [6.07, 6.45) is 4.81. The van der Waals surface area contributed by atoms with Gasteiger partial charge in [-0.2, -0.15) is 0 Å². The summed E-state index contributed by atoms with van der Waals surface area (Å²) < 4.78 is 1.45. The number of rotatable bonds is 2. The van der Waals surface area contributed by atoms with Gasteiger partial charge in [0.1, 0.15) is 11.5 Å². The Labute approximate surface area is 201 Å². The standard InChI is InChI=1S/C26H25N5O4/c32-22-18-15-26(23(33)28-25(35)31(24(26)34)16-17-9-3-1-4-10-17)19-11-5-2-7-13-29(19)21(18)27-20-12-6-8-14-30(20)22/h1,3-4,6,8-10,12,14,19H,2,5,7,11,13,15-16H2,(H,28,33,35)/t19-,26-/m0/s1. The fourth-order valence-electron chi connectivity index (χ4n) is 5.84. The third kappa shape index (κ3) is 3.18. The molecule has 9 nitrogen and oxygen atoms in total. The molecule has 3 aliphatic rings. The maximum Gasteiger partial charge on any atom is 0.331 e. The average molecular weight is 472 g/mol. The second kappa shape index (κ2) is 8.04. The van der Waals surface area contributed by atoms with Crippen molar-refractivity contribution in [2.45, 2.75) is 44.7 Å². The van der Waals surface area contributed by atoms with Crippen LogP contribution in [0.4, 0.5) is 10.6 Å². The van der Waals surface area contributed by atoms with Gasteiger partial charge in [-0.25, -0.2) is 9.78 Å². The molecule has 2 fully saturated rings. The van der Waals surface area contributed by atoms with Crippen molar-refractivity contribution in [1.82, 2.24) is 19.6 Å². The second-order valence-electron chi connectivity index (χ2n) is 9.49. The maximum absolute atomic E-state index is 14.2. The molecule has 0 radical (unpaired) electrons. The zero-order valence-corrected chi connectivity index (χ0v) is 19.1. The molecule has 2 aromatic heterocycles. The van der Waals surface area contributed by atoms with Crippen molar-refractivity contribution >= 4 is 29.3 Å².